The van der Waals surface area contributed by atoms with Gasteiger partial charge < -0.3 is 10.6 Å². The average molecular weight is 229 g/mol. The maximum absolute atomic E-state index is 12.1. The summed E-state index contributed by atoms with van der Waals surface area (Å²) in [5.74, 6) is -0.0102. The van der Waals surface area contributed by atoms with E-state index in [2.05, 4.69) is 4.98 Å². The van der Waals surface area contributed by atoms with Crippen LogP contribution in [0.3, 0.4) is 0 Å². The van der Waals surface area contributed by atoms with Crippen LogP contribution in [0.5, 0.6) is 0 Å². The van der Waals surface area contributed by atoms with Gasteiger partial charge in [0, 0.05) is 13.2 Å². The molecule has 0 atom stereocenters. The third kappa shape index (κ3) is 3.80. The molecule has 1 aromatic heterocycles. The molecule has 4 nitrogen and oxygen atoms in total. The lowest BCUT2D eigenvalue weighted by Gasteiger charge is -2.17. The van der Waals surface area contributed by atoms with Crippen LogP contribution in [-0.2, 0) is 11.2 Å². The van der Waals surface area contributed by atoms with Crippen molar-refractivity contribution in [3.8, 4) is 0 Å². The molecule has 1 heterocycles. The molecule has 0 saturated carbocycles. The summed E-state index contributed by atoms with van der Waals surface area (Å²) in [7, 11) is 1.53. The lowest BCUT2D eigenvalue weighted by atomic mass is 10.2. The van der Waals surface area contributed by atoms with Gasteiger partial charge in [-0.1, -0.05) is 6.07 Å². The zero-order valence-corrected chi connectivity index (χ0v) is 8.86. The number of nitrogens with zero attached hydrogens (tertiary/aromatic N) is 2. The third-order valence-corrected chi connectivity index (χ3v) is 1.99. The molecule has 1 amide bonds. The number of primary amides is 1. The summed E-state index contributed by atoms with van der Waals surface area (Å²) in [5, 5.41) is 0. The normalized spacial score (nSPS) is 10.5. The van der Waals surface area contributed by atoms with Crippen LogP contribution in [0.25, 0.3) is 0 Å². The fourth-order valence-corrected chi connectivity index (χ4v) is 1.25. The van der Waals surface area contributed by atoms with E-state index in [0.29, 0.717) is 11.4 Å². The predicted octanol–water partition coefficient (Wildman–Crippen LogP) is 0.811. The minimum absolute atomic E-state index is 0.103. The van der Waals surface area contributed by atoms with Gasteiger partial charge in [-0.05, 0) is 11.6 Å². The van der Waals surface area contributed by atoms with Crippen molar-refractivity contribution in [2.45, 2.75) is 12.8 Å². The van der Waals surface area contributed by atoms with E-state index < -0.39 is 12.3 Å². The molecule has 0 aliphatic heterocycles. The number of anilines is 1. The molecule has 6 heteroatoms. The molecule has 0 radical (unpaired) electrons. The maximum Gasteiger partial charge on any atom is 0.255 e. The van der Waals surface area contributed by atoms with Crippen molar-refractivity contribution in [2.24, 2.45) is 5.73 Å². The monoisotopic (exact) mass is 229 g/mol. The second-order valence-corrected chi connectivity index (χ2v) is 3.44. The number of nitrogens with two attached hydrogens (primary N) is 1. The van der Waals surface area contributed by atoms with Crippen molar-refractivity contribution >= 4 is 11.7 Å². The van der Waals surface area contributed by atoms with Gasteiger partial charge in [0.2, 0.25) is 5.91 Å². The van der Waals surface area contributed by atoms with Crippen LogP contribution in [-0.4, -0.2) is 30.9 Å². The van der Waals surface area contributed by atoms with Crippen LogP contribution in [0, 0.1) is 0 Å². The van der Waals surface area contributed by atoms with Crippen molar-refractivity contribution < 1.29 is 13.6 Å². The summed E-state index contributed by atoms with van der Waals surface area (Å²) >= 11 is 0. The van der Waals surface area contributed by atoms with Gasteiger partial charge in [0.1, 0.15) is 5.82 Å². The smallest absolute Gasteiger partial charge is 0.255 e. The molecule has 16 heavy (non-hydrogen) atoms. The first-order valence-corrected chi connectivity index (χ1v) is 4.71. The highest BCUT2D eigenvalue weighted by atomic mass is 19.3. The number of halogens is 2. The quantitative estimate of drug-likeness (QED) is 0.812. The Morgan fingerprint density at radius 1 is 1.56 bits per heavy atom. The highest BCUT2D eigenvalue weighted by molar-refractivity contribution is 5.76. The number of hydrogen-bond donors (Lipinski definition) is 1. The van der Waals surface area contributed by atoms with Gasteiger partial charge in [0.25, 0.3) is 6.43 Å². The summed E-state index contributed by atoms with van der Waals surface area (Å²) in [5.41, 5.74) is 5.68. The number of amides is 1. The predicted molar refractivity (Wildman–Crippen MR) is 56.4 cm³/mol. The first-order valence-electron chi connectivity index (χ1n) is 4.71. The molecule has 0 aliphatic carbocycles. The molecule has 0 aromatic carbocycles. The van der Waals surface area contributed by atoms with E-state index in [-0.39, 0.29) is 13.0 Å². The summed E-state index contributed by atoms with van der Waals surface area (Å²) in [6.45, 7) is -0.373. The van der Waals surface area contributed by atoms with Gasteiger partial charge in [0.05, 0.1) is 13.0 Å². The molecular weight excluding hydrogens is 216 g/mol. The van der Waals surface area contributed by atoms with Crippen molar-refractivity contribution in [2.75, 3.05) is 18.5 Å². The number of pyridine rings is 1. The molecule has 0 saturated heterocycles. The van der Waals surface area contributed by atoms with E-state index in [1.54, 1.807) is 12.1 Å². The molecule has 2 N–H and O–H groups in total. The first-order chi connectivity index (χ1) is 7.49. The fourth-order valence-electron chi connectivity index (χ4n) is 1.25. The second-order valence-electron chi connectivity index (χ2n) is 3.44. The lowest BCUT2D eigenvalue weighted by Crippen LogP contribution is -2.24. The molecule has 88 valence electrons. The van der Waals surface area contributed by atoms with Crippen molar-refractivity contribution in [1.29, 1.82) is 0 Å². The zero-order chi connectivity index (χ0) is 12.1. The van der Waals surface area contributed by atoms with Gasteiger partial charge in [0.15, 0.2) is 0 Å². The molecule has 0 fully saturated rings. The van der Waals surface area contributed by atoms with E-state index in [0.717, 1.165) is 0 Å². The van der Waals surface area contributed by atoms with Gasteiger partial charge in [-0.2, -0.15) is 0 Å². The molecule has 0 aliphatic rings. The highest BCUT2D eigenvalue weighted by Crippen LogP contribution is 2.11. The Morgan fingerprint density at radius 3 is 2.69 bits per heavy atom. The second kappa shape index (κ2) is 5.39. The van der Waals surface area contributed by atoms with Crippen LogP contribution in [0.15, 0.2) is 18.3 Å². The Balaban J connectivity index is 2.66. The van der Waals surface area contributed by atoms with Crippen LogP contribution in [0.4, 0.5) is 14.6 Å². The Labute approximate surface area is 92.1 Å². The van der Waals surface area contributed by atoms with Crippen molar-refractivity contribution in [3.63, 3.8) is 0 Å². The van der Waals surface area contributed by atoms with E-state index in [4.69, 9.17) is 5.73 Å². The van der Waals surface area contributed by atoms with Crippen LogP contribution in [0.2, 0.25) is 0 Å². The minimum Gasteiger partial charge on any atom is -0.369 e. The minimum atomic E-state index is -2.41. The molecular formula is C10H13F2N3O. The molecule has 0 spiro atoms. The van der Waals surface area contributed by atoms with Crippen LogP contribution < -0.4 is 10.6 Å². The molecule has 1 rings (SSSR count). The van der Waals surface area contributed by atoms with Gasteiger partial charge >= 0.3 is 0 Å². The number of hydrogen-bond acceptors (Lipinski definition) is 3. The van der Waals surface area contributed by atoms with Crippen LogP contribution >= 0.6 is 0 Å². The van der Waals surface area contributed by atoms with E-state index >= 15 is 0 Å². The zero-order valence-electron chi connectivity index (χ0n) is 8.86. The van der Waals surface area contributed by atoms with Crippen molar-refractivity contribution in [3.05, 3.63) is 23.9 Å². The first kappa shape index (κ1) is 12.4. The third-order valence-electron chi connectivity index (χ3n) is 1.99. The molecule has 0 unspecified atom stereocenters. The topological polar surface area (TPSA) is 59.2 Å². The largest absolute Gasteiger partial charge is 0.369 e. The van der Waals surface area contributed by atoms with E-state index in [1.165, 1.54) is 18.1 Å². The van der Waals surface area contributed by atoms with Gasteiger partial charge in [-0.15, -0.1) is 0 Å². The summed E-state index contributed by atoms with van der Waals surface area (Å²) in [4.78, 5) is 15.9. The standard InChI is InChI=1S/C10H13F2N3O/c1-15(6-8(11)12)10-3-2-7(5-14-10)4-9(13)16/h2-3,5,8H,4,6H2,1H3,(H2,13,16). The number of rotatable bonds is 5. The SMILES string of the molecule is CN(CC(F)F)c1ccc(CC(N)=O)cn1. The maximum atomic E-state index is 12.1. The fraction of sp³-hybridized carbons (Fsp3) is 0.400. The number of carbonyl (C=O) groups excluding carboxylic acids is 1. The number of aromatic nitrogens is 1. The molecule has 0 bridgehead atoms. The summed E-state index contributed by atoms with van der Waals surface area (Å²) in [6, 6.07) is 3.23. The Hall–Kier alpha value is -1.72. The number of alkyl halides is 2. The summed E-state index contributed by atoms with van der Waals surface area (Å²) in [6.07, 6.45) is -0.842. The van der Waals surface area contributed by atoms with Crippen molar-refractivity contribution in [1.82, 2.24) is 4.98 Å². The Kier molecular flexibility index (Phi) is 4.16. The highest BCUT2D eigenvalue weighted by Gasteiger charge is 2.09. The van der Waals surface area contributed by atoms with Crippen LogP contribution in [0.1, 0.15) is 5.56 Å². The Bertz CT molecular complexity index is 354. The lowest BCUT2D eigenvalue weighted by molar-refractivity contribution is -0.117. The van der Waals surface area contributed by atoms with Gasteiger partial charge in [-0.3, -0.25) is 4.79 Å². The molecule has 1 aromatic rings. The van der Waals surface area contributed by atoms with E-state index in [9.17, 15) is 13.6 Å². The average Bonchev–Trinajstić information content (AvgIpc) is 2.16. The van der Waals surface area contributed by atoms with Gasteiger partial charge in [-0.25, -0.2) is 13.8 Å². The van der Waals surface area contributed by atoms with E-state index in [1.807, 2.05) is 0 Å². The number of carbonyl (C=O) groups is 1. The summed E-state index contributed by atoms with van der Waals surface area (Å²) < 4.78 is 24.2. The Morgan fingerprint density at radius 2 is 2.25 bits per heavy atom.